The van der Waals surface area contributed by atoms with Crippen molar-refractivity contribution >= 4 is 15.8 Å². The first-order chi connectivity index (χ1) is 7.82. The molecule has 0 radical (unpaired) electrons. The van der Waals surface area contributed by atoms with E-state index in [9.17, 15) is 13.2 Å². The summed E-state index contributed by atoms with van der Waals surface area (Å²) in [5.74, 6) is -1.15. The lowest BCUT2D eigenvalue weighted by atomic mass is 10.1. The van der Waals surface area contributed by atoms with Crippen LogP contribution in [0.3, 0.4) is 0 Å². The van der Waals surface area contributed by atoms with E-state index in [1.807, 2.05) is 0 Å². The van der Waals surface area contributed by atoms with Crippen LogP contribution in [-0.4, -0.2) is 44.7 Å². The Morgan fingerprint density at radius 1 is 1.41 bits per heavy atom. The summed E-state index contributed by atoms with van der Waals surface area (Å²) in [7, 11) is -2.10. The largest absolute Gasteiger partial charge is 0.469 e. The van der Waals surface area contributed by atoms with Gasteiger partial charge in [0.15, 0.2) is 9.84 Å². The van der Waals surface area contributed by atoms with Crippen molar-refractivity contribution < 1.29 is 22.7 Å². The van der Waals surface area contributed by atoms with Crippen molar-refractivity contribution in [1.82, 2.24) is 0 Å². The van der Waals surface area contributed by atoms with E-state index in [0.29, 0.717) is 13.0 Å². The number of esters is 1. The zero-order chi connectivity index (χ0) is 13.2. The Labute approximate surface area is 102 Å². The highest BCUT2D eigenvalue weighted by molar-refractivity contribution is 7.92. The van der Waals surface area contributed by atoms with E-state index in [4.69, 9.17) is 4.74 Å². The summed E-state index contributed by atoms with van der Waals surface area (Å²) < 4.78 is 34.5. The third kappa shape index (κ3) is 2.80. The number of hydrogen-bond acceptors (Lipinski definition) is 5. The number of carbonyl (C=O) groups excluding carboxylic acids is 1. The van der Waals surface area contributed by atoms with Crippen LogP contribution in [0, 0.1) is 5.92 Å². The van der Waals surface area contributed by atoms with Crippen molar-refractivity contribution in [2.45, 2.75) is 43.8 Å². The molecular weight excluding hydrogens is 244 g/mol. The number of rotatable bonds is 4. The third-order valence-corrected chi connectivity index (χ3v) is 6.43. The van der Waals surface area contributed by atoms with Crippen molar-refractivity contribution in [3.05, 3.63) is 0 Å². The zero-order valence-electron chi connectivity index (χ0n) is 10.7. The number of carbonyl (C=O) groups is 1. The van der Waals surface area contributed by atoms with E-state index < -0.39 is 32.2 Å². The first-order valence-electron chi connectivity index (χ1n) is 5.74. The van der Waals surface area contributed by atoms with Gasteiger partial charge in [-0.1, -0.05) is 6.92 Å². The topological polar surface area (TPSA) is 69.7 Å². The van der Waals surface area contributed by atoms with E-state index in [2.05, 4.69) is 4.74 Å². The second-order valence-electron chi connectivity index (χ2n) is 4.51. The molecule has 1 heterocycles. The maximum absolute atomic E-state index is 12.3. The van der Waals surface area contributed by atoms with Crippen molar-refractivity contribution in [3.8, 4) is 0 Å². The van der Waals surface area contributed by atoms with Gasteiger partial charge in [-0.25, -0.2) is 8.42 Å². The molecule has 1 aliphatic rings. The van der Waals surface area contributed by atoms with Gasteiger partial charge in [-0.05, 0) is 20.3 Å². The Hall–Kier alpha value is -0.620. The van der Waals surface area contributed by atoms with Gasteiger partial charge < -0.3 is 9.47 Å². The Morgan fingerprint density at radius 2 is 2.00 bits per heavy atom. The first-order valence-corrected chi connectivity index (χ1v) is 7.35. The van der Waals surface area contributed by atoms with Gasteiger partial charge in [-0.3, -0.25) is 4.79 Å². The molecule has 6 heteroatoms. The summed E-state index contributed by atoms with van der Waals surface area (Å²) in [6, 6.07) is 0. The highest BCUT2D eigenvalue weighted by Gasteiger charge is 2.42. The van der Waals surface area contributed by atoms with Gasteiger partial charge in [0.2, 0.25) is 0 Å². The average Bonchev–Trinajstić information content (AvgIpc) is 2.72. The predicted octanol–water partition coefficient (Wildman–Crippen LogP) is 0.776. The molecule has 0 spiro atoms. The van der Waals surface area contributed by atoms with Crippen LogP contribution in [0.2, 0.25) is 0 Å². The second-order valence-corrected chi connectivity index (χ2v) is 7.04. The molecule has 0 saturated carbocycles. The van der Waals surface area contributed by atoms with Crippen LogP contribution < -0.4 is 0 Å². The maximum atomic E-state index is 12.3. The van der Waals surface area contributed by atoms with Crippen molar-refractivity contribution in [3.63, 3.8) is 0 Å². The fourth-order valence-electron chi connectivity index (χ4n) is 2.08. The minimum Gasteiger partial charge on any atom is -0.469 e. The summed E-state index contributed by atoms with van der Waals surface area (Å²) in [6.07, 6.45) is 0.203. The monoisotopic (exact) mass is 264 g/mol. The van der Waals surface area contributed by atoms with Gasteiger partial charge >= 0.3 is 5.97 Å². The minimum atomic E-state index is -3.37. The summed E-state index contributed by atoms with van der Waals surface area (Å²) in [5, 5.41) is -1.26. The Kier molecular flexibility index (Phi) is 4.55. The first kappa shape index (κ1) is 14.4. The van der Waals surface area contributed by atoms with Crippen LogP contribution in [-0.2, 0) is 24.1 Å². The Bertz CT molecular complexity index is 375. The van der Waals surface area contributed by atoms with Crippen LogP contribution in [0.1, 0.15) is 27.2 Å². The lowest BCUT2D eigenvalue weighted by molar-refractivity contribution is -0.144. The molecule has 0 aromatic rings. The molecule has 0 amide bonds. The van der Waals surface area contributed by atoms with Gasteiger partial charge in [-0.15, -0.1) is 0 Å². The van der Waals surface area contributed by atoms with Crippen LogP contribution in [0.25, 0.3) is 0 Å². The average molecular weight is 264 g/mol. The van der Waals surface area contributed by atoms with Crippen LogP contribution >= 0.6 is 0 Å². The molecule has 100 valence electrons. The number of methoxy groups -OCH3 is 1. The number of hydrogen-bond donors (Lipinski definition) is 0. The van der Waals surface area contributed by atoms with Gasteiger partial charge in [0, 0.05) is 6.61 Å². The van der Waals surface area contributed by atoms with Crippen molar-refractivity contribution in [2.24, 2.45) is 5.92 Å². The summed E-state index contributed by atoms with van der Waals surface area (Å²) in [6.45, 7) is 5.35. The fourth-order valence-corrected chi connectivity index (χ4v) is 4.35. The molecule has 0 aromatic carbocycles. The molecule has 0 aliphatic carbocycles. The Morgan fingerprint density at radius 3 is 2.41 bits per heavy atom. The van der Waals surface area contributed by atoms with Crippen molar-refractivity contribution in [1.29, 1.82) is 0 Å². The lowest BCUT2D eigenvalue weighted by Crippen LogP contribution is -2.40. The quantitative estimate of drug-likeness (QED) is 0.702. The lowest BCUT2D eigenvalue weighted by Gasteiger charge is -2.23. The minimum absolute atomic E-state index is 0.299. The second kappa shape index (κ2) is 5.35. The normalized spacial score (nSPS) is 28.7. The molecule has 4 atom stereocenters. The van der Waals surface area contributed by atoms with E-state index in [0.717, 1.165) is 0 Å². The van der Waals surface area contributed by atoms with Gasteiger partial charge in [-0.2, -0.15) is 0 Å². The van der Waals surface area contributed by atoms with Crippen LogP contribution in [0.5, 0.6) is 0 Å². The maximum Gasteiger partial charge on any atom is 0.309 e. The smallest absolute Gasteiger partial charge is 0.309 e. The highest BCUT2D eigenvalue weighted by Crippen LogP contribution is 2.27. The zero-order valence-corrected chi connectivity index (χ0v) is 11.5. The molecule has 1 saturated heterocycles. The SMILES string of the molecule is COC(=O)C(C)C(C)S(=O)(=O)C1CCOC1C. The van der Waals surface area contributed by atoms with Gasteiger partial charge in [0.05, 0.1) is 29.6 Å². The van der Waals surface area contributed by atoms with Crippen LogP contribution in [0.4, 0.5) is 0 Å². The molecule has 0 aromatic heterocycles. The molecule has 5 nitrogen and oxygen atoms in total. The van der Waals surface area contributed by atoms with Crippen molar-refractivity contribution in [2.75, 3.05) is 13.7 Å². The molecule has 4 unspecified atom stereocenters. The Balaban J connectivity index is 2.86. The highest BCUT2D eigenvalue weighted by atomic mass is 32.2. The van der Waals surface area contributed by atoms with Gasteiger partial charge in [0.25, 0.3) is 0 Å². The van der Waals surface area contributed by atoms with Crippen LogP contribution in [0.15, 0.2) is 0 Å². The predicted molar refractivity (Wildman–Crippen MR) is 63.4 cm³/mol. The molecule has 1 fully saturated rings. The van der Waals surface area contributed by atoms with E-state index in [1.54, 1.807) is 20.8 Å². The molecule has 0 bridgehead atoms. The number of sulfone groups is 1. The summed E-state index contributed by atoms with van der Waals surface area (Å²) >= 11 is 0. The molecule has 1 rings (SSSR count). The fraction of sp³-hybridized carbons (Fsp3) is 0.909. The van der Waals surface area contributed by atoms with Gasteiger partial charge in [0.1, 0.15) is 0 Å². The standard InChI is InChI=1S/C11H20O5S/c1-7(11(12)15-4)9(3)17(13,14)10-5-6-16-8(10)2/h7-10H,5-6H2,1-4H3. The molecular formula is C11H20O5S. The molecule has 0 N–H and O–H groups in total. The van der Waals surface area contributed by atoms with E-state index in [1.165, 1.54) is 7.11 Å². The molecule has 17 heavy (non-hydrogen) atoms. The molecule has 1 aliphatic heterocycles. The van der Waals surface area contributed by atoms with E-state index >= 15 is 0 Å². The summed E-state index contributed by atoms with van der Waals surface area (Å²) in [4.78, 5) is 11.4. The third-order valence-electron chi connectivity index (χ3n) is 3.52. The van der Waals surface area contributed by atoms with E-state index in [-0.39, 0.29) is 6.10 Å². The summed E-state index contributed by atoms with van der Waals surface area (Å²) in [5.41, 5.74) is 0. The number of ether oxygens (including phenoxy) is 2.